The number of hydrogen-bond acceptors (Lipinski definition) is 6. The van der Waals surface area contributed by atoms with Gasteiger partial charge in [0.2, 0.25) is 5.91 Å². The van der Waals surface area contributed by atoms with Crippen molar-refractivity contribution in [3.63, 3.8) is 0 Å². The number of nitrogens with zero attached hydrogens (tertiary/aromatic N) is 1. The number of carbonyl (C=O) groups is 3. The Morgan fingerprint density at radius 1 is 1.11 bits per heavy atom. The van der Waals surface area contributed by atoms with Crippen LogP contribution in [0.1, 0.15) is 47.3 Å². The molecule has 1 unspecified atom stereocenters. The predicted molar refractivity (Wildman–Crippen MR) is 140 cm³/mol. The van der Waals surface area contributed by atoms with Crippen molar-refractivity contribution in [2.45, 2.75) is 44.7 Å². The zero-order valence-electron chi connectivity index (χ0n) is 19.6. The first kappa shape index (κ1) is 25.3. The van der Waals surface area contributed by atoms with Gasteiger partial charge in [0, 0.05) is 24.9 Å². The number of thiophene rings is 2. The van der Waals surface area contributed by atoms with Crippen LogP contribution in [0.5, 0.6) is 0 Å². The molecule has 3 heterocycles. The average Bonchev–Trinajstić information content (AvgIpc) is 3.46. The Balaban J connectivity index is 1.13. The van der Waals surface area contributed by atoms with E-state index in [0.29, 0.717) is 17.3 Å². The molecule has 2 amide bonds. The van der Waals surface area contributed by atoms with Crippen molar-refractivity contribution < 1.29 is 19.5 Å². The first-order valence-electron chi connectivity index (χ1n) is 12.0. The Labute approximate surface area is 213 Å². The number of rotatable bonds is 11. The summed E-state index contributed by atoms with van der Waals surface area (Å²) >= 11 is 2.90. The molecule has 3 aromatic rings. The summed E-state index contributed by atoms with van der Waals surface area (Å²) in [7, 11) is 0. The fourth-order valence-electron chi connectivity index (χ4n) is 4.42. The van der Waals surface area contributed by atoms with E-state index in [4.69, 9.17) is 0 Å². The summed E-state index contributed by atoms with van der Waals surface area (Å²) < 4.78 is 1.03. The third-order valence-electron chi connectivity index (χ3n) is 6.47. The summed E-state index contributed by atoms with van der Waals surface area (Å²) in [5.41, 5.74) is 1.34. The number of likely N-dealkylation sites (tertiary alicyclic amines) is 1. The Kier molecular flexibility index (Phi) is 8.90. The molecule has 2 aromatic heterocycles. The van der Waals surface area contributed by atoms with Crippen molar-refractivity contribution in [3.05, 3.63) is 58.3 Å². The van der Waals surface area contributed by atoms with Gasteiger partial charge in [0.05, 0.1) is 8.89 Å². The fraction of sp³-hybridized carbons (Fsp3) is 0.423. The largest absolute Gasteiger partial charge is 0.480 e. The zero-order valence-corrected chi connectivity index (χ0v) is 21.2. The van der Waals surface area contributed by atoms with Gasteiger partial charge in [-0.15, -0.1) is 22.7 Å². The Bertz CT molecular complexity index is 1110. The van der Waals surface area contributed by atoms with Gasteiger partial charge >= 0.3 is 5.97 Å². The van der Waals surface area contributed by atoms with Crippen molar-refractivity contribution >= 4 is 49.9 Å². The van der Waals surface area contributed by atoms with E-state index in [1.807, 2.05) is 17.5 Å². The van der Waals surface area contributed by atoms with Crippen molar-refractivity contribution in [1.29, 1.82) is 0 Å². The van der Waals surface area contributed by atoms with Crippen molar-refractivity contribution in [1.82, 2.24) is 15.5 Å². The lowest BCUT2D eigenvalue weighted by Gasteiger charge is -2.32. The average molecular weight is 514 g/mol. The molecule has 0 radical (unpaired) electrons. The molecule has 0 spiro atoms. The molecule has 1 fully saturated rings. The maximum Gasteiger partial charge on any atom is 0.326 e. The van der Waals surface area contributed by atoms with Gasteiger partial charge in [0.25, 0.3) is 5.91 Å². The van der Waals surface area contributed by atoms with Crippen molar-refractivity contribution in [3.8, 4) is 0 Å². The van der Waals surface area contributed by atoms with Crippen LogP contribution < -0.4 is 10.6 Å². The van der Waals surface area contributed by atoms with Gasteiger partial charge in [-0.3, -0.25) is 14.5 Å². The number of fused-ring (bicyclic) bond motifs is 1. The molecule has 7 nitrogen and oxygen atoms in total. The second-order valence-electron chi connectivity index (χ2n) is 9.02. The van der Waals surface area contributed by atoms with Crippen LogP contribution in [0.15, 0.2) is 47.8 Å². The Morgan fingerprint density at radius 3 is 2.60 bits per heavy atom. The van der Waals surface area contributed by atoms with Crippen LogP contribution in [0, 0.1) is 5.92 Å². The molecule has 0 aliphatic carbocycles. The molecular formula is C26H31N3O4S2. The smallest absolute Gasteiger partial charge is 0.326 e. The van der Waals surface area contributed by atoms with E-state index in [-0.39, 0.29) is 18.7 Å². The van der Waals surface area contributed by atoms with Crippen LogP contribution in [0.3, 0.4) is 0 Å². The minimum absolute atomic E-state index is 0.0600. The van der Waals surface area contributed by atoms with Crippen LogP contribution in [-0.4, -0.2) is 53.5 Å². The second kappa shape index (κ2) is 12.3. The quantitative estimate of drug-likeness (QED) is 0.354. The highest BCUT2D eigenvalue weighted by molar-refractivity contribution is 7.38. The number of carboxylic acids is 1. The number of carbonyl (C=O) groups excluding carboxylic acids is 2. The van der Waals surface area contributed by atoms with Gasteiger partial charge in [0.15, 0.2) is 0 Å². The molecule has 1 aliphatic rings. The van der Waals surface area contributed by atoms with E-state index in [9.17, 15) is 19.5 Å². The lowest BCUT2D eigenvalue weighted by Crippen LogP contribution is -2.41. The maximum atomic E-state index is 12.5. The van der Waals surface area contributed by atoms with E-state index >= 15 is 0 Å². The number of carboxylic acid groups (broad SMARTS) is 1. The van der Waals surface area contributed by atoms with Crippen LogP contribution in [0.4, 0.5) is 0 Å². The molecule has 1 aliphatic heterocycles. The van der Waals surface area contributed by atoms with E-state index in [1.54, 1.807) is 17.4 Å². The van der Waals surface area contributed by atoms with Gasteiger partial charge in [-0.05, 0) is 67.8 Å². The number of benzene rings is 1. The summed E-state index contributed by atoms with van der Waals surface area (Å²) in [4.78, 5) is 39.3. The SMILES string of the molecule is O=C(CCC(NC(=O)c1cc2ccsc2s1)C(=O)O)NCCC1CCN(Cc2ccccc2)CC1. The van der Waals surface area contributed by atoms with Crippen LogP contribution in [0.2, 0.25) is 0 Å². The summed E-state index contributed by atoms with van der Waals surface area (Å²) in [6.07, 6.45) is 3.29. The molecule has 186 valence electrons. The third kappa shape index (κ3) is 7.37. The molecule has 4 rings (SSSR count). The number of aliphatic carboxylic acids is 1. The van der Waals surface area contributed by atoms with Crippen molar-refractivity contribution in [2.24, 2.45) is 5.92 Å². The van der Waals surface area contributed by atoms with Gasteiger partial charge in [-0.2, -0.15) is 0 Å². The van der Waals surface area contributed by atoms with Gasteiger partial charge in [0.1, 0.15) is 6.04 Å². The van der Waals surface area contributed by atoms with E-state index in [1.165, 1.54) is 16.9 Å². The fourth-order valence-corrected chi connectivity index (χ4v) is 6.43. The van der Waals surface area contributed by atoms with Crippen molar-refractivity contribution in [2.75, 3.05) is 19.6 Å². The van der Waals surface area contributed by atoms with Crippen LogP contribution in [-0.2, 0) is 16.1 Å². The third-order valence-corrected chi connectivity index (χ3v) is 8.67. The highest BCUT2D eigenvalue weighted by Crippen LogP contribution is 2.30. The molecule has 1 aromatic carbocycles. The number of hydrogen-bond donors (Lipinski definition) is 3. The molecule has 9 heteroatoms. The molecule has 0 bridgehead atoms. The monoisotopic (exact) mass is 513 g/mol. The Hall–Kier alpha value is -2.75. The number of amides is 2. The normalized spacial score (nSPS) is 15.7. The topological polar surface area (TPSA) is 98.7 Å². The molecule has 35 heavy (non-hydrogen) atoms. The molecule has 3 N–H and O–H groups in total. The maximum absolute atomic E-state index is 12.5. The highest BCUT2D eigenvalue weighted by atomic mass is 32.2. The minimum Gasteiger partial charge on any atom is -0.480 e. The van der Waals surface area contributed by atoms with Gasteiger partial charge in [-0.25, -0.2) is 4.79 Å². The zero-order chi connectivity index (χ0) is 24.6. The van der Waals surface area contributed by atoms with Crippen LogP contribution in [0.25, 0.3) is 9.40 Å². The summed E-state index contributed by atoms with van der Waals surface area (Å²) in [6.45, 7) is 3.71. The number of nitrogens with one attached hydrogen (secondary N) is 2. The minimum atomic E-state index is -1.13. The lowest BCUT2D eigenvalue weighted by molar-refractivity contribution is -0.139. The highest BCUT2D eigenvalue weighted by Gasteiger charge is 2.23. The van der Waals surface area contributed by atoms with Gasteiger partial charge in [-0.1, -0.05) is 30.3 Å². The first-order chi connectivity index (χ1) is 17.0. The summed E-state index contributed by atoms with van der Waals surface area (Å²) in [5.74, 6) is -1.13. The first-order valence-corrected chi connectivity index (χ1v) is 13.7. The summed E-state index contributed by atoms with van der Waals surface area (Å²) in [5, 5.41) is 17.9. The van der Waals surface area contributed by atoms with E-state index in [0.717, 1.165) is 48.3 Å². The molecule has 1 saturated heterocycles. The predicted octanol–water partition coefficient (Wildman–Crippen LogP) is 4.34. The molecular weight excluding hydrogens is 482 g/mol. The molecule has 0 saturated carbocycles. The Morgan fingerprint density at radius 2 is 1.89 bits per heavy atom. The van der Waals surface area contributed by atoms with E-state index < -0.39 is 17.9 Å². The second-order valence-corrected chi connectivity index (χ2v) is 11.2. The summed E-state index contributed by atoms with van der Waals surface area (Å²) in [6, 6.07) is 13.1. The lowest BCUT2D eigenvalue weighted by atomic mass is 9.93. The number of piperidine rings is 1. The van der Waals surface area contributed by atoms with Gasteiger partial charge < -0.3 is 15.7 Å². The molecule has 1 atom stereocenters. The van der Waals surface area contributed by atoms with E-state index in [2.05, 4.69) is 39.8 Å². The standard InChI is InChI=1S/C26H31N3O4S2/c30-23(27-12-8-18-9-13-29(14-10-18)17-19-4-2-1-3-5-19)7-6-21(25(32)33)28-24(31)22-16-20-11-15-34-26(20)35-22/h1-5,11,15-16,18,21H,6-10,12-14,17H2,(H,27,30)(H,28,31)(H,32,33). The van der Waals surface area contributed by atoms with Crippen LogP contribution >= 0.6 is 22.7 Å².